The minimum atomic E-state index is -0.623. The molecule has 4 rings (SSSR count). The monoisotopic (exact) mass is 494 g/mol. The average Bonchev–Trinajstić information content (AvgIpc) is 3.39. The van der Waals surface area contributed by atoms with Crippen molar-refractivity contribution in [3.05, 3.63) is 64.5 Å². The lowest BCUT2D eigenvalue weighted by atomic mass is 10.1. The highest BCUT2D eigenvalue weighted by atomic mass is 32.1. The molecule has 0 fully saturated rings. The highest BCUT2D eigenvalue weighted by molar-refractivity contribution is 7.18. The van der Waals surface area contributed by atoms with Crippen molar-refractivity contribution in [3.63, 3.8) is 0 Å². The molecule has 180 valence electrons. The molecule has 1 aromatic heterocycles. The Labute approximate surface area is 205 Å². The second-order valence-corrected chi connectivity index (χ2v) is 8.49. The van der Waals surface area contributed by atoms with E-state index in [1.54, 1.807) is 55.5 Å². The first-order valence-corrected chi connectivity index (χ1v) is 11.5. The summed E-state index contributed by atoms with van der Waals surface area (Å²) in [5.41, 5.74) is 1.46. The number of methoxy groups -OCH3 is 2. The van der Waals surface area contributed by atoms with Crippen molar-refractivity contribution in [3.8, 4) is 21.9 Å². The minimum absolute atomic E-state index is 0.158. The van der Waals surface area contributed by atoms with Crippen molar-refractivity contribution in [2.45, 2.75) is 6.92 Å². The number of nitrogens with one attached hydrogen (secondary N) is 1. The Morgan fingerprint density at radius 1 is 0.943 bits per heavy atom. The Balaban J connectivity index is 1.60. The average molecular weight is 495 g/mol. The van der Waals surface area contributed by atoms with Gasteiger partial charge >= 0.3 is 5.97 Å². The number of amides is 3. The molecule has 3 amide bonds. The molecular formula is C25H22N2O7S. The number of nitrogens with zero attached hydrogens (tertiary/aromatic N) is 1. The summed E-state index contributed by atoms with van der Waals surface area (Å²) < 4.78 is 15.8. The molecule has 0 aliphatic carbocycles. The molecule has 2 aromatic carbocycles. The molecule has 0 atom stereocenters. The fourth-order valence-corrected chi connectivity index (χ4v) is 4.68. The summed E-state index contributed by atoms with van der Waals surface area (Å²) in [6.45, 7) is 1.35. The highest BCUT2D eigenvalue weighted by Gasteiger charge is 2.36. The van der Waals surface area contributed by atoms with Gasteiger partial charge in [0.25, 0.3) is 11.8 Å². The number of anilines is 1. The van der Waals surface area contributed by atoms with Gasteiger partial charge in [-0.15, -0.1) is 11.3 Å². The molecule has 35 heavy (non-hydrogen) atoms. The fourth-order valence-electron chi connectivity index (χ4n) is 3.68. The zero-order chi connectivity index (χ0) is 25.1. The van der Waals surface area contributed by atoms with Crippen LogP contribution in [0.5, 0.6) is 11.5 Å². The molecule has 0 unspecified atom stereocenters. The van der Waals surface area contributed by atoms with Crippen molar-refractivity contribution in [1.82, 2.24) is 4.90 Å². The summed E-state index contributed by atoms with van der Waals surface area (Å²) in [4.78, 5) is 52.3. The molecular weight excluding hydrogens is 472 g/mol. The molecule has 2 heterocycles. The Morgan fingerprint density at radius 3 is 2.20 bits per heavy atom. The summed E-state index contributed by atoms with van der Waals surface area (Å²) in [7, 11) is 3.05. The standard InChI is InChI=1S/C25H22N2O7S/c1-4-34-25(31)22-17(12-20(35-22)14-9-10-18(32-2)19(11-14)33-3)26-21(28)13-27-23(29)15-7-5-6-8-16(15)24(27)30/h5-12H,4,13H2,1-3H3,(H,26,28). The quantitative estimate of drug-likeness (QED) is 0.374. The van der Waals surface area contributed by atoms with Gasteiger partial charge in [-0.05, 0) is 48.9 Å². The Morgan fingerprint density at radius 2 is 1.60 bits per heavy atom. The fraction of sp³-hybridized carbons (Fsp3) is 0.200. The lowest BCUT2D eigenvalue weighted by Crippen LogP contribution is -2.37. The number of hydrogen-bond acceptors (Lipinski definition) is 8. The van der Waals surface area contributed by atoms with Gasteiger partial charge in [-0.1, -0.05) is 12.1 Å². The van der Waals surface area contributed by atoms with Crippen LogP contribution in [-0.4, -0.2) is 56.0 Å². The van der Waals surface area contributed by atoms with E-state index in [4.69, 9.17) is 14.2 Å². The zero-order valence-electron chi connectivity index (χ0n) is 19.2. The van der Waals surface area contributed by atoms with Crippen LogP contribution in [0.2, 0.25) is 0 Å². The largest absolute Gasteiger partial charge is 0.493 e. The normalized spacial score (nSPS) is 12.4. The second-order valence-electron chi connectivity index (χ2n) is 7.43. The summed E-state index contributed by atoms with van der Waals surface area (Å²) in [6, 6.07) is 13.3. The smallest absolute Gasteiger partial charge is 0.350 e. The predicted octanol–water partition coefficient (Wildman–Crippen LogP) is 3.84. The molecule has 9 nitrogen and oxygen atoms in total. The van der Waals surface area contributed by atoms with Crippen LogP contribution < -0.4 is 14.8 Å². The van der Waals surface area contributed by atoms with E-state index >= 15 is 0 Å². The van der Waals surface area contributed by atoms with E-state index in [9.17, 15) is 19.2 Å². The van der Waals surface area contributed by atoms with Crippen LogP contribution in [0.4, 0.5) is 5.69 Å². The van der Waals surface area contributed by atoms with Gasteiger partial charge in [0, 0.05) is 4.88 Å². The third kappa shape index (κ3) is 4.60. The molecule has 1 aliphatic rings. The summed E-state index contributed by atoms with van der Waals surface area (Å²) in [5.74, 6) is -1.24. The molecule has 0 radical (unpaired) electrons. The number of benzene rings is 2. The van der Waals surface area contributed by atoms with Gasteiger partial charge in [0.1, 0.15) is 11.4 Å². The van der Waals surface area contributed by atoms with Gasteiger partial charge in [-0.2, -0.15) is 0 Å². The topological polar surface area (TPSA) is 111 Å². The molecule has 10 heteroatoms. The Kier molecular flexibility index (Phi) is 6.83. The SMILES string of the molecule is CCOC(=O)c1sc(-c2ccc(OC)c(OC)c2)cc1NC(=O)CN1C(=O)c2ccccc2C1=O. The molecule has 1 aliphatic heterocycles. The van der Waals surface area contributed by atoms with Crippen LogP contribution in [0, 0.1) is 0 Å². The third-order valence-corrected chi connectivity index (χ3v) is 6.48. The number of hydrogen-bond donors (Lipinski definition) is 1. The number of ether oxygens (including phenoxy) is 3. The maximum atomic E-state index is 12.8. The van der Waals surface area contributed by atoms with Crippen LogP contribution in [0.1, 0.15) is 37.3 Å². The summed E-state index contributed by atoms with van der Waals surface area (Å²) in [5, 5.41) is 2.65. The maximum Gasteiger partial charge on any atom is 0.350 e. The van der Waals surface area contributed by atoms with Crippen LogP contribution in [0.25, 0.3) is 10.4 Å². The van der Waals surface area contributed by atoms with Gasteiger partial charge in [0.2, 0.25) is 5.91 Å². The van der Waals surface area contributed by atoms with E-state index in [1.165, 1.54) is 14.2 Å². The molecule has 1 N–H and O–H groups in total. The molecule has 0 bridgehead atoms. The van der Waals surface area contributed by atoms with Crippen molar-refractivity contribution in [2.75, 3.05) is 32.7 Å². The summed E-state index contributed by atoms with van der Waals surface area (Å²) >= 11 is 1.14. The number of fused-ring (bicyclic) bond motifs is 1. The Hall–Kier alpha value is -4.18. The minimum Gasteiger partial charge on any atom is -0.493 e. The van der Waals surface area contributed by atoms with Gasteiger partial charge in [0.05, 0.1) is 37.6 Å². The van der Waals surface area contributed by atoms with E-state index in [0.717, 1.165) is 21.8 Å². The second kappa shape index (κ2) is 9.98. The van der Waals surface area contributed by atoms with E-state index in [-0.39, 0.29) is 28.3 Å². The lowest BCUT2D eigenvalue weighted by Gasteiger charge is -2.13. The zero-order valence-corrected chi connectivity index (χ0v) is 20.1. The van der Waals surface area contributed by atoms with Crippen molar-refractivity contribution >= 4 is 40.7 Å². The van der Waals surface area contributed by atoms with E-state index in [1.807, 2.05) is 0 Å². The van der Waals surface area contributed by atoms with Crippen LogP contribution in [0.3, 0.4) is 0 Å². The first kappa shape index (κ1) is 24.0. The molecule has 0 saturated carbocycles. The number of esters is 1. The molecule has 3 aromatic rings. The molecule has 0 saturated heterocycles. The number of imide groups is 1. The van der Waals surface area contributed by atoms with Gasteiger partial charge in [-0.3, -0.25) is 19.3 Å². The van der Waals surface area contributed by atoms with Gasteiger partial charge in [-0.25, -0.2) is 4.79 Å². The van der Waals surface area contributed by atoms with Crippen LogP contribution >= 0.6 is 11.3 Å². The van der Waals surface area contributed by atoms with E-state index < -0.39 is 30.2 Å². The van der Waals surface area contributed by atoms with Crippen LogP contribution in [0.15, 0.2) is 48.5 Å². The lowest BCUT2D eigenvalue weighted by molar-refractivity contribution is -0.116. The number of carbonyl (C=O) groups excluding carboxylic acids is 4. The van der Waals surface area contributed by atoms with Crippen molar-refractivity contribution in [1.29, 1.82) is 0 Å². The van der Waals surface area contributed by atoms with Crippen molar-refractivity contribution in [2.24, 2.45) is 0 Å². The Bertz CT molecular complexity index is 1300. The highest BCUT2D eigenvalue weighted by Crippen LogP contribution is 2.39. The van der Waals surface area contributed by atoms with Gasteiger partial charge < -0.3 is 19.5 Å². The number of rotatable bonds is 8. The summed E-state index contributed by atoms with van der Waals surface area (Å²) in [6.07, 6.45) is 0. The predicted molar refractivity (Wildman–Crippen MR) is 129 cm³/mol. The number of thiophene rings is 1. The third-order valence-electron chi connectivity index (χ3n) is 5.31. The van der Waals surface area contributed by atoms with E-state index in [2.05, 4.69) is 5.32 Å². The molecule has 0 spiro atoms. The van der Waals surface area contributed by atoms with Crippen LogP contribution in [-0.2, 0) is 9.53 Å². The van der Waals surface area contributed by atoms with Crippen molar-refractivity contribution < 1.29 is 33.4 Å². The maximum absolute atomic E-state index is 12.8. The number of carbonyl (C=O) groups is 4. The first-order valence-electron chi connectivity index (χ1n) is 10.7. The van der Waals surface area contributed by atoms with E-state index in [0.29, 0.717) is 16.4 Å². The van der Waals surface area contributed by atoms with Gasteiger partial charge in [0.15, 0.2) is 11.5 Å². The first-order chi connectivity index (χ1) is 16.9.